The minimum atomic E-state index is -3.45. The van der Waals surface area contributed by atoms with Crippen LogP contribution in [0.15, 0.2) is 47.6 Å². The van der Waals surface area contributed by atoms with Crippen LogP contribution in [0, 0.1) is 0 Å². The van der Waals surface area contributed by atoms with Crippen molar-refractivity contribution in [1.82, 2.24) is 14.3 Å². The third kappa shape index (κ3) is 4.12. The van der Waals surface area contributed by atoms with E-state index in [9.17, 15) is 8.42 Å². The molecular weight excluding hydrogens is 374 g/mol. The molecule has 0 radical (unpaired) electrons. The zero-order valence-electron chi connectivity index (χ0n) is 16.1. The van der Waals surface area contributed by atoms with Gasteiger partial charge in [0.2, 0.25) is 10.0 Å². The van der Waals surface area contributed by atoms with Crippen LogP contribution in [-0.4, -0.2) is 62.0 Å². The van der Waals surface area contributed by atoms with Crippen LogP contribution >= 0.6 is 0 Å². The summed E-state index contributed by atoms with van der Waals surface area (Å²) in [5, 5.41) is 0. The minimum Gasteiger partial charge on any atom is -0.356 e. The smallest absolute Gasteiger partial charge is 0.243 e. The van der Waals surface area contributed by atoms with Crippen LogP contribution in [0.5, 0.6) is 0 Å². The van der Waals surface area contributed by atoms with Crippen molar-refractivity contribution in [2.75, 3.05) is 49.1 Å². The molecule has 0 atom stereocenters. The molecule has 8 heteroatoms. The molecule has 1 aromatic heterocycles. The lowest BCUT2D eigenvalue weighted by molar-refractivity contribution is 0.433. The Bertz CT molecular complexity index is 884. The van der Waals surface area contributed by atoms with E-state index < -0.39 is 10.0 Å². The first-order valence-corrected chi connectivity index (χ1v) is 11.5. The molecule has 4 rings (SSSR count). The molecule has 2 aromatic rings. The topological polar surface area (TPSA) is 69.6 Å². The Labute approximate surface area is 167 Å². The Morgan fingerprint density at radius 2 is 1.36 bits per heavy atom. The van der Waals surface area contributed by atoms with Crippen molar-refractivity contribution in [3.8, 4) is 0 Å². The fourth-order valence-electron chi connectivity index (χ4n) is 3.91. The summed E-state index contributed by atoms with van der Waals surface area (Å²) in [5.41, 5.74) is 0. The molecule has 2 aliphatic rings. The van der Waals surface area contributed by atoms with Gasteiger partial charge in [0, 0.05) is 45.3 Å². The largest absolute Gasteiger partial charge is 0.356 e. The van der Waals surface area contributed by atoms with E-state index in [1.165, 1.54) is 19.3 Å². The second-order valence-electron chi connectivity index (χ2n) is 7.34. The number of sulfonamides is 1. The van der Waals surface area contributed by atoms with Gasteiger partial charge in [-0.15, -0.1) is 0 Å². The van der Waals surface area contributed by atoms with E-state index in [1.54, 1.807) is 34.9 Å². The molecule has 0 aliphatic carbocycles. The molecule has 0 saturated carbocycles. The van der Waals surface area contributed by atoms with Crippen molar-refractivity contribution in [3.63, 3.8) is 0 Å². The molecule has 1 aromatic carbocycles. The van der Waals surface area contributed by atoms with E-state index in [4.69, 9.17) is 0 Å². The molecule has 2 aliphatic heterocycles. The lowest BCUT2D eigenvalue weighted by atomic mass is 10.1. The number of aromatic nitrogens is 2. The standard InChI is InChI=1S/C20H27N5O2S/c26-28(27,18-8-3-1-4-9-18)25-13-7-12-24(14-15-25)20-16-19(21-17-22-20)23-10-5-2-6-11-23/h1,3-4,8-9,16-17H,2,5-7,10-15H2. The number of piperidine rings is 1. The fourth-order valence-corrected chi connectivity index (χ4v) is 5.40. The molecule has 2 fully saturated rings. The monoisotopic (exact) mass is 401 g/mol. The molecule has 7 nitrogen and oxygen atoms in total. The summed E-state index contributed by atoms with van der Waals surface area (Å²) in [6, 6.07) is 10.7. The van der Waals surface area contributed by atoms with Crippen LogP contribution < -0.4 is 9.80 Å². The highest BCUT2D eigenvalue weighted by Crippen LogP contribution is 2.23. The highest BCUT2D eigenvalue weighted by atomic mass is 32.2. The maximum Gasteiger partial charge on any atom is 0.243 e. The Kier molecular flexibility index (Phi) is 5.77. The third-order valence-corrected chi connectivity index (χ3v) is 7.39. The maximum absolute atomic E-state index is 12.9. The van der Waals surface area contributed by atoms with Gasteiger partial charge in [0.25, 0.3) is 0 Å². The number of anilines is 2. The summed E-state index contributed by atoms with van der Waals surface area (Å²) < 4.78 is 27.4. The van der Waals surface area contributed by atoms with Crippen LogP contribution in [0.3, 0.4) is 0 Å². The maximum atomic E-state index is 12.9. The van der Waals surface area contributed by atoms with Crippen LogP contribution in [0.1, 0.15) is 25.7 Å². The Balaban J connectivity index is 1.47. The summed E-state index contributed by atoms with van der Waals surface area (Å²) in [5.74, 6) is 1.86. The molecule has 150 valence electrons. The van der Waals surface area contributed by atoms with Gasteiger partial charge in [-0.2, -0.15) is 4.31 Å². The number of hydrogen-bond donors (Lipinski definition) is 0. The predicted molar refractivity (Wildman–Crippen MR) is 110 cm³/mol. The van der Waals surface area contributed by atoms with Gasteiger partial charge in [-0.3, -0.25) is 0 Å². The van der Waals surface area contributed by atoms with E-state index in [2.05, 4.69) is 19.8 Å². The van der Waals surface area contributed by atoms with E-state index >= 15 is 0 Å². The zero-order valence-corrected chi connectivity index (χ0v) is 16.9. The zero-order chi connectivity index (χ0) is 19.4. The van der Waals surface area contributed by atoms with Gasteiger partial charge in [-0.05, 0) is 37.8 Å². The molecule has 0 N–H and O–H groups in total. The van der Waals surface area contributed by atoms with Crippen molar-refractivity contribution >= 4 is 21.7 Å². The SMILES string of the molecule is O=S(=O)(c1ccccc1)N1CCCN(c2cc(N3CCCCC3)ncn2)CC1. The number of nitrogens with zero attached hydrogens (tertiary/aromatic N) is 5. The first-order valence-electron chi connectivity index (χ1n) is 10.0. The van der Waals surface area contributed by atoms with Gasteiger partial charge in [-0.1, -0.05) is 18.2 Å². The summed E-state index contributed by atoms with van der Waals surface area (Å²) in [7, 11) is -3.45. The van der Waals surface area contributed by atoms with Crippen LogP contribution in [0.4, 0.5) is 11.6 Å². The van der Waals surface area contributed by atoms with E-state index in [1.807, 2.05) is 12.1 Å². The van der Waals surface area contributed by atoms with Gasteiger partial charge >= 0.3 is 0 Å². The van der Waals surface area contributed by atoms with Crippen molar-refractivity contribution in [2.45, 2.75) is 30.6 Å². The summed E-state index contributed by atoms with van der Waals surface area (Å²) >= 11 is 0. The van der Waals surface area contributed by atoms with Gasteiger partial charge in [0.1, 0.15) is 18.0 Å². The van der Waals surface area contributed by atoms with Crippen molar-refractivity contribution in [1.29, 1.82) is 0 Å². The fraction of sp³-hybridized carbons (Fsp3) is 0.500. The number of hydrogen-bond acceptors (Lipinski definition) is 6. The summed E-state index contributed by atoms with van der Waals surface area (Å²) in [4.78, 5) is 13.8. The van der Waals surface area contributed by atoms with E-state index in [-0.39, 0.29) is 0 Å². The Hall–Kier alpha value is -2.19. The van der Waals surface area contributed by atoms with Gasteiger partial charge in [0.05, 0.1) is 4.90 Å². The highest BCUT2D eigenvalue weighted by molar-refractivity contribution is 7.89. The molecule has 0 unspecified atom stereocenters. The van der Waals surface area contributed by atoms with Gasteiger partial charge in [0.15, 0.2) is 0 Å². The summed E-state index contributed by atoms with van der Waals surface area (Å²) in [6.07, 6.45) is 6.09. The lowest BCUT2D eigenvalue weighted by Gasteiger charge is -2.29. The van der Waals surface area contributed by atoms with E-state index in [0.29, 0.717) is 24.5 Å². The molecule has 28 heavy (non-hydrogen) atoms. The van der Waals surface area contributed by atoms with Crippen LogP contribution in [-0.2, 0) is 10.0 Å². The number of benzene rings is 1. The number of rotatable bonds is 4. The molecular formula is C20H27N5O2S. The van der Waals surface area contributed by atoms with Crippen molar-refractivity contribution in [2.24, 2.45) is 0 Å². The third-order valence-electron chi connectivity index (χ3n) is 5.48. The minimum absolute atomic E-state index is 0.359. The van der Waals surface area contributed by atoms with Crippen molar-refractivity contribution in [3.05, 3.63) is 42.7 Å². The van der Waals surface area contributed by atoms with E-state index in [0.717, 1.165) is 37.7 Å². The van der Waals surface area contributed by atoms with Crippen LogP contribution in [0.25, 0.3) is 0 Å². The second kappa shape index (κ2) is 8.45. The first-order chi connectivity index (χ1) is 13.6. The lowest BCUT2D eigenvalue weighted by Crippen LogP contribution is -2.35. The van der Waals surface area contributed by atoms with Crippen LogP contribution in [0.2, 0.25) is 0 Å². The quantitative estimate of drug-likeness (QED) is 0.783. The molecule has 3 heterocycles. The predicted octanol–water partition coefficient (Wildman–Crippen LogP) is 2.37. The van der Waals surface area contributed by atoms with Gasteiger partial charge < -0.3 is 9.80 Å². The normalized spacial score (nSPS) is 19.4. The molecule has 2 saturated heterocycles. The molecule has 0 bridgehead atoms. The molecule has 0 amide bonds. The first kappa shape index (κ1) is 19.1. The van der Waals surface area contributed by atoms with Crippen molar-refractivity contribution < 1.29 is 8.42 Å². The average molecular weight is 402 g/mol. The van der Waals surface area contributed by atoms with Gasteiger partial charge in [-0.25, -0.2) is 18.4 Å². The second-order valence-corrected chi connectivity index (χ2v) is 9.28. The summed E-state index contributed by atoms with van der Waals surface area (Å²) in [6.45, 7) is 4.48. The highest BCUT2D eigenvalue weighted by Gasteiger charge is 2.27. The Morgan fingerprint density at radius 1 is 0.714 bits per heavy atom. The molecule has 0 spiro atoms. The Morgan fingerprint density at radius 3 is 2.07 bits per heavy atom. The average Bonchev–Trinajstić information content (AvgIpc) is 3.02.